The lowest BCUT2D eigenvalue weighted by atomic mass is 10.2. The highest BCUT2D eigenvalue weighted by Gasteiger charge is 2.12. The molecule has 0 amide bonds. The molecule has 5 nitrogen and oxygen atoms in total. The van der Waals surface area contributed by atoms with Gasteiger partial charge in [0.25, 0.3) is 0 Å². The van der Waals surface area contributed by atoms with E-state index in [2.05, 4.69) is 24.1 Å². The Kier molecular flexibility index (Phi) is 3.82. The topological polar surface area (TPSA) is 68.1 Å². The molecule has 1 aromatic rings. The third kappa shape index (κ3) is 2.66. The first-order valence-electron chi connectivity index (χ1n) is 4.54. The van der Waals surface area contributed by atoms with E-state index >= 15 is 0 Å². The second-order valence-corrected chi connectivity index (χ2v) is 3.93. The van der Waals surface area contributed by atoms with Crippen LogP contribution in [0.4, 0.5) is 10.1 Å². The SMILES string of the molecule is CCC(CC)Nc1ncc([N+](=O)[O-])s1. The van der Waals surface area contributed by atoms with E-state index in [0.29, 0.717) is 11.2 Å². The second-order valence-electron chi connectivity index (χ2n) is 2.92. The van der Waals surface area contributed by atoms with E-state index in [1.54, 1.807) is 0 Å². The lowest BCUT2D eigenvalue weighted by molar-refractivity contribution is -0.380. The molecule has 0 spiro atoms. The van der Waals surface area contributed by atoms with Gasteiger partial charge in [0, 0.05) is 6.04 Å². The lowest BCUT2D eigenvalue weighted by Gasteiger charge is -2.12. The Hall–Kier alpha value is -1.17. The highest BCUT2D eigenvalue weighted by atomic mass is 32.1. The van der Waals surface area contributed by atoms with Gasteiger partial charge in [-0.1, -0.05) is 13.8 Å². The first kappa shape index (κ1) is 10.9. The molecule has 0 saturated heterocycles. The monoisotopic (exact) mass is 215 g/mol. The largest absolute Gasteiger partial charge is 0.359 e. The summed E-state index contributed by atoms with van der Waals surface area (Å²) in [6.07, 6.45) is 3.27. The van der Waals surface area contributed by atoms with Gasteiger partial charge in [-0.25, -0.2) is 4.98 Å². The fraction of sp³-hybridized carbons (Fsp3) is 0.625. The molecule has 14 heavy (non-hydrogen) atoms. The van der Waals surface area contributed by atoms with E-state index in [-0.39, 0.29) is 5.00 Å². The number of nitrogens with zero attached hydrogens (tertiary/aromatic N) is 2. The molecule has 0 aliphatic carbocycles. The van der Waals surface area contributed by atoms with Gasteiger partial charge in [0.15, 0.2) is 5.13 Å². The smallest absolute Gasteiger partial charge is 0.345 e. The summed E-state index contributed by atoms with van der Waals surface area (Å²) in [5.41, 5.74) is 0. The van der Waals surface area contributed by atoms with Crippen LogP contribution in [0.15, 0.2) is 6.20 Å². The van der Waals surface area contributed by atoms with Gasteiger partial charge in [0.2, 0.25) is 0 Å². The second kappa shape index (κ2) is 4.90. The molecule has 0 unspecified atom stereocenters. The van der Waals surface area contributed by atoms with E-state index < -0.39 is 4.92 Å². The van der Waals surface area contributed by atoms with Crippen molar-refractivity contribution < 1.29 is 4.92 Å². The highest BCUT2D eigenvalue weighted by molar-refractivity contribution is 7.18. The van der Waals surface area contributed by atoms with E-state index in [1.807, 2.05) is 0 Å². The minimum Gasteiger partial charge on any atom is -0.359 e. The molecule has 0 saturated carbocycles. The Labute approximate surface area is 86.3 Å². The van der Waals surface area contributed by atoms with Gasteiger partial charge >= 0.3 is 5.00 Å². The maximum Gasteiger partial charge on any atom is 0.345 e. The Morgan fingerprint density at radius 1 is 1.64 bits per heavy atom. The molecule has 1 heterocycles. The van der Waals surface area contributed by atoms with Gasteiger partial charge < -0.3 is 5.32 Å². The van der Waals surface area contributed by atoms with Crippen molar-refractivity contribution in [1.29, 1.82) is 0 Å². The normalized spacial score (nSPS) is 10.5. The van der Waals surface area contributed by atoms with Crippen LogP contribution in [0.1, 0.15) is 26.7 Å². The zero-order chi connectivity index (χ0) is 10.6. The molecule has 1 aromatic heterocycles. The van der Waals surface area contributed by atoms with E-state index in [0.717, 1.165) is 24.2 Å². The lowest BCUT2D eigenvalue weighted by Crippen LogP contribution is -2.16. The standard InChI is InChI=1S/C8H13N3O2S/c1-3-6(4-2)10-8-9-5-7(14-8)11(12)13/h5-6H,3-4H2,1-2H3,(H,9,10). The maximum atomic E-state index is 10.4. The summed E-state index contributed by atoms with van der Waals surface area (Å²) in [5, 5.41) is 14.3. The van der Waals surface area contributed by atoms with Crippen molar-refractivity contribution in [2.45, 2.75) is 32.7 Å². The zero-order valence-corrected chi connectivity index (χ0v) is 9.00. The van der Waals surface area contributed by atoms with Crippen LogP contribution < -0.4 is 5.32 Å². The van der Waals surface area contributed by atoms with Gasteiger partial charge in [-0.05, 0) is 24.2 Å². The molecule has 1 rings (SSSR count). The third-order valence-electron chi connectivity index (χ3n) is 1.99. The van der Waals surface area contributed by atoms with Gasteiger partial charge in [-0.3, -0.25) is 10.1 Å². The summed E-state index contributed by atoms with van der Waals surface area (Å²) in [5.74, 6) is 0. The fourth-order valence-corrected chi connectivity index (χ4v) is 1.79. The summed E-state index contributed by atoms with van der Waals surface area (Å²) >= 11 is 1.08. The van der Waals surface area contributed by atoms with Gasteiger partial charge in [-0.2, -0.15) is 0 Å². The van der Waals surface area contributed by atoms with Crippen LogP contribution in [-0.2, 0) is 0 Å². The zero-order valence-electron chi connectivity index (χ0n) is 8.19. The van der Waals surface area contributed by atoms with Crippen LogP contribution in [0, 0.1) is 10.1 Å². The summed E-state index contributed by atoms with van der Waals surface area (Å²) in [6, 6.07) is 0.348. The minimum absolute atomic E-state index is 0.0819. The Morgan fingerprint density at radius 3 is 2.71 bits per heavy atom. The molecular weight excluding hydrogens is 202 g/mol. The average molecular weight is 215 g/mol. The predicted molar refractivity (Wildman–Crippen MR) is 56.8 cm³/mol. The summed E-state index contributed by atoms with van der Waals surface area (Å²) in [7, 11) is 0. The van der Waals surface area contributed by atoms with Crippen LogP contribution in [0.5, 0.6) is 0 Å². The molecule has 0 fully saturated rings. The number of hydrogen-bond donors (Lipinski definition) is 1. The van der Waals surface area contributed by atoms with Crippen LogP contribution in [0.2, 0.25) is 0 Å². The van der Waals surface area contributed by atoms with Gasteiger partial charge in [0.1, 0.15) is 6.20 Å². The molecule has 6 heteroatoms. The maximum absolute atomic E-state index is 10.4. The van der Waals surface area contributed by atoms with Crippen molar-refractivity contribution in [2.75, 3.05) is 5.32 Å². The summed E-state index contributed by atoms with van der Waals surface area (Å²) in [4.78, 5) is 13.9. The first-order chi connectivity index (χ1) is 6.67. The number of aromatic nitrogens is 1. The van der Waals surface area contributed by atoms with E-state index in [4.69, 9.17) is 0 Å². The molecule has 0 bridgehead atoms. The molecule has 0 aliphatic rings. The number of hydrogen-bond acceptors (Lipinski definition) is 5. The van der Waals surface area contributed by atoms with E-state index in [1.165, 1.54) is 6.20 Å². The van der Waals surface area contributed by atoms with Crippen LogP contribution >= 0.6 is 11.3 Å². The fourth-order valence-electron chi connectivity index (χ4n) is 1.08. The molecule has 0 atom stereocenters. The number of thiazole rings is 1. The molecule has 0 radical (unpaired) electrons. The molecular formula is C8H13N3O2S. The Balaban J connectivity index is 2.63. The van der Waals surface area contributed by atoms with Crippen molar-refractivity contribution in [3.05, 3.63) is 16.3 Å². The average Bonchev–Trinajstić information content (AvgIpc) is 2.62. The van der Waals surface area contributed by atoms with Crippen LogP contribution in [0.25, 0.3) is 0 Å². The number of rotatable bonds is 5. The molecule has 78 valence electrons. The Bertz CT molecular complexity index is 309. The van der Waals surface area contributed by atoms with Crippen LogP contribution in [-0.4, -0.2) is 15.9 Å². The molecule has 0 aromatic carbocycles. The first-order valence-corrected chi connectivity index (χ1v) is 5.35. The van der Waals surface area contributed by atoms with Crippen molar-refractivity contribution in [3.63, 3.8) is 0 Å². The molecule has 0 aliphatic heterocycles. The van der Waals surface area contributed by atoms with Crippen molar-refractivity contribution in [3.8, 4) is 0 Å². The number of anilines is 1. The predicted octanol–water partition coefficient (Wildman–Crippen LogP) is 2.65. The highest BCUT2D eigenvalue weighted by Crippen LogP contribution is 2.25. The number of nitro groups is 1. The third-order valence-corrected chi connectivity index (χ3v) is 2.87. The minimum atomic E-state index is -0.421. The van der Waals surface area contributed by atoms with Crippen molar-refractivity contribution in [1.82, 2.24) is 4.98 Å². The van der Waals surface area contributed by atoms with Crippen molar-refractivity contribution >= 4 is 21.5 Å². The van der Waals surface area contributed by atoms with Crippen molar-refractivity contribution in [2.24, 2.45) is 0 Å². The van der Waals surface area contributed by atoms with E-state index in [9.17, 15) is 10.1 Å². The van der Waals surface area contributed by atoms with Gasteiger partial charge in [-0.15, -0.1) is 0 Å². The van der Waals surface area contributed by atoms with Crippen LogP contribution in [0.3, 0.4) is 0 Å². The molecule has 1 N–H and O–H groups in total. The Morgan fingerprint density at radius 2 is 2.29 bits per heavy atom. The quantitative estimate of drug-likeness (QED) is 0.605. The van der Waals surface area contributed by atoms with Gasteiger partial charge in [0.05, 0.1) is 4.92 Å². The number of nitrogens with one attached hydrogen (secondary N) is 1. The summed E-state index contributed by atoms with van der Waals surface area (Å²) in [6.45, 7) is 4.15. The summed E-state index contributed by atoms with van der Waals surface area (Å²) < 4.78 is 0.